The van der Waals surface area contributed by atoms with E-state index in [1.54, 1.807) is 20.4 Å². The molecule has 0 aliphatic rings. The summed E-state index contributed by atoms with van der Waals surface area (Å²) in [5, 5.41) is 10.9. The largest absolute Gasteiger partial charge is 0.493 e. The van der Waals surface area contributed by atoms with Crippen LogP contribution in [0.4, 0.5) is 0 Å². The second-order valence-corrected chi connectivity index (χ2v) is 6.23. The summed E-state index contributed by atoms with van der Waals surface area (Å²) >= 11 is 0. The highest BCUT2D eigenvalue weighted by Gasteiger charge is 2.11. The molecule has 0 saturated heterocycles. The Morgan fingerprint density at radius 2 is 2.14 bits per heavy atom. The van der Waals surface area contributed by atoms with Gasteiger partial charge in [0.05, 0.1) is 20.8 Å². The third-order valence-corrected chi connectivity index (χ3v) is 4.16. The predicted octanol–water partition coefficient (Wildman–Crippen LogP) is 2.77. The molecular weight excluding hydrogens is 354 g/mol. The molecule has 2 N–H and O–H groups in total. The highest BCUT2D eigenvalue weighted by atomic mass is 16.5. The van der Waals surface area contributed by atoms with Gasteiger partial charge >= 0.3 is 0 Å². The molecule has 0 radical (unpaired) electrons. The number of ether oxygens (including phenoxy) is 2. The van der Waals surface area contributed by atoms with Crippen molar-refractivity contribution in [3.05, 3.63) is 54.4 Å². The van der Waals surface area contributed by atoms with Crippen LogP contribution < -0.4 is 20.1 Å². The highest BCUT2D eigenvalue weighted by Crippen LogP contribution is 2.33. The van der Waals surface area contributed by atoms with Crippen LogP contribution in [0, 0.1) is 0 Å². The van der Waals surface area contributed by atoms with Gasteiger partial charge in [0.2, 0.25) is 0 Å². The minimum atomic E-state index is 0.541. The molecule has 1 aromatic heterocycles. The number of guanidine groups is 1. The van der Waals surface area contributed by atoms with E-state index in [1.165, 1.54) is 0 Å². The fourth-order valence-corrected chi connectivity index (χ4v) is 2.90. The zero-order valence-corrected chi connectivity index (χ0v) is 17.1. The normalized spacial score (nSPS) is 11.2. The van der Waals surface area contributed by atoms with E-state index in [1.807, 2.05) is 29.1 Å². The van der Waals surface area contributed by atoms with Crippen LogP contribution in [0.1, 0.15) is 24.5 Å². The third-order valence-electron chi connectivity index (χ3n) is 4.16. The number of aliphatic imine (C=N–C) groups is 1. The number of hydrogen-bond donors (Lipinski definition) is 2. The van der Waals surface area contributed by atoms with Crippen molar-refractivity contribution in [2.24, 2.45) is 4.99 Å². The molecule has 28 heavy (non-hydrogen) atoms. The van der Waals surface area contributed by atoms with Crippen molar-refractivity contribution >= 4 is 5.96 Å². The molecule has 152 valence electrons. The van der Waals surface area contributed by atoms with Gasteiger partial charge in [-0.15, -0.1) is 6.58 Å². The van der Waals surface area contributed by atoms with E-state index in [-0.39, 0.29) is 0 Å². The number of aromatic nitrogens is 2. The summed E-state index contributed by atoms with van der Waals surface area (Å²) in [7, 11) is 3.30. The molecule has 2 aromatic rings. The average Bonchev–Trinajstić information content (AvgIpc) is 3.22. The summed E-state index contributed by atoms with van der Waals surface area (Å²) in [4.78, 5) is 4.70. The molecule has 0 aliphatic carbocycles. The van der Waals surface area contributed by atoms with Gasteiger partial charge in [0.1, 0.15) is 0 Å². The molecule has 0 saturated carbocycles. The molecule has 0 unspecified atom stereocenters. The molecule has 0 atom stereocenters. The fourth-order valence-electron chi connectivity index (χ4n) is 2.90. The maximum absolute atomic E-state index is 5.49. The van der Waals surface area contributed by atoms with Crippen LogP contribution in [-0.4, -0.2) is 43.0 Å². The van der Waals surface area contributed by atoms with Gasteiger partial charge in [0, 0.05) is 37.6 Å². The summed E-state index contributed by atoms with van der Waals surface area (Å²) in [5.41, 5.74) is 2.10. The van der Waals surface area contributed by atoms with Gasteiger partial charge in [-0.2, -0.15) is 5.10 Å². The molecular formula is C21H31N5O2. The van der Waals surface area contributed by atoms with E-state index in [4.69, 9.17) is 14.5 Å². The van der Waals surface area contributed by atoms with Gasteiger partial charge in [-0.1, -0.05) is 6.08 Å². The van der Waals surface area contributed by atoms with E-state index in [9.17, 15) is 0 Å². The smallest absolute Gasteiger partial charge is 0.191 e. The van der Waals surface area contributed by atoms with Crippen molar-refractivity contribution in [1.29, 1.82) is 0 Å². The SMILES string of the molecule is C=CCc1cc(CN=C(NCC)NCCCn2cccn2)cc(OC)c1OC. The quantitative estimate of drug-likeness (QED) is 0.269. The summed E-state index contributed by atoms with van der Waals surface area (Å²) in [5.74, 6) is 2.26. The lowest BCUT2D eigenvalue weighted by atomic mass is 10.1. The molecule has 0 aliphatic heterocycles. The minimum absolute atomic E-state index is 0.541. The Morgan fingerprint density at radius 1 is 1.29 bits per heavy atom. The van der Waals surface area contributed by atoms with Crippen LogP contribution in [-0.2, 0) is 19.5 Å². The first-order chi connectivity index (χ1) is 13.7. The molecule has 0 amide bonds. The lowest BCUT2D eigenvalue weighted by Crippen LogP contribution is -2.38. The maximum Gasteiger partial charge on any atom is 0.191 e. The Labute approximate surface area is 167 Å². The van der Waals surface area contributed by atoms with Crippen molar-refractivity contribution in [3.63, 3.8) is 0 Å². The van der Waals surface area contributed by atoms with E-state index in [2.05, 4.69) is 35.3 Å². The lowest BCUT2D eigenvalue weighted by molar-refractivity contribution is 0.352. The number of rotatable bonds is 11. The summed E-state index contributed by atoms with van der Waals surface area (Å²) < 4.78 is 12.9. The van der Waals surface area contributed by atoms with Crippen molar-refractivity contribution in [2.75, 3.05) is 27.3 Å². The Morgan fingerprint density at radius 3 is 2.79 bits per heavy atom. The Bertz CT molecular complexity index is 756. The molecule has 0 bridgehead atoms. The molecule has 2 rings (SSSR count). The van der Waals surface area contributed by atoms with Crippen LogP contribution in [0.2, 0.25) is 0 Å². The highest BCUT2D eigenvalue weighted by molar-refractivity contribution is 5.79. The zero-order valence-electron chi connectivity index (χ0n) is 17.1. The van der Waals surface area contributed by atoms with E-state index < -0.39 is 0 Å². The lowest BCUT2D eigenvalue weighted by Gasteiger charge is -2.15. The van der Waals surface area contributed by atoms with Crippen molar-refractivity contribution in [1.82, 2.24) is 20.4 Å². The van der Waals surface area contributed by atoms with Gasteiger partial charge in [-0.05, 0) is 43.5 Å². The Hall–Kier alpha value is -2.96. The van der Waals surface area contributed by atoms with E-state index >= 15 is 0 Å². The van der Waals surface area contributed by atoms with Gasteiger partial charge in [-0.3, -0.25) is 4.68 Å². The van der Waals surface area contributed by atoms with Gasteiger partial charge < -0.3 is 20.1 Å². The number of benzene rings is 1. The number of hydrogen-bond acceptors (Lipinski definition) is 4. The summed E-state index contributed by atoms with van der Waals surface area (Å²) in [6, 6.07) is 5.99. The summed E-state index contributed by atoms with van der Waals surface area (Å²) in [6.07, 6.45) is 7.30. The standard InChI is InChI=1S/C21H31N5O2/c1-5-9-18-14-17(15-19(27-3)20(18)28-4)16-24-21(22-6-2)23-10-7-12-26-13-8-11-25-26/h5,8,11,13-15H,1,6-7,9-10,12,16H2,2-4H3,(H2,22,23,24). The molecule has 1 heterocycles. The number of aryl methyl sites for hydroxylation is 1. The molecule has 0 fully saturated rings. The average molecular weight is 386 g/mol. The monoisotopic (exact) mass is 385 g/mol. The van der Waals surface area contributed by atoms with E-state index in [0.29, 0.717) is 18.7 Å². The first-order valence-electron chi connectivity index (χ1n) is 9.56. The van der Waals surface area contributed by atoms with Crippen LogP contribution in [0.25, 0.3) is 0 Å². The first-order valence-corrected chi connectivity index (χ1v) is 9.56. The molecule has 1 aromatic carbocycles. The fraction of sp³-hybridized carbons (Fsp3) is 0.429. The van der Waals surface area contributed by atoms with E-state index in [0.717, 1.165) is 48.9 Å². The minimum Gasteiger partial charge on any atom is -0.493 e. The third kappa shape index (κ3) is 6.33. The van der Waals surface area contributed by atoms with Crippen molar-refractivity contribution in [2.45, 2.75) is 32.9 Å². The second kappa shape index (κ2) is 11.7. The predicted molar refractivity (Wildman–Crippen MR) is 113 cm³/mol. The number of nitrogens with zero attached hydrogens (tertiary/aromatic N) is 3. The topological polar surface area (TPSA) is 72.7 Å². The van der Waals surface area contributed by atoms with Crippen molar-refractivity contribution in [3.8, 4) is 11.5 Å². The van der Waals surface area contributed by atoms with Crippen LogP contribution in [0.3, 0.4) is 0 Å². The molecule has 0 spiro atoms. The molecule has 7 heteroatoms. The van der Waals surface area contributed by atoms with Gasteiger partial charge in [-0.25, -0.2) is 4.99 Å². The number of allylic oxidation sites excluding steroid dienone is 1. The van der Waals surface area contributed by atoms with Gasteiger partial charge in [0.15, 0.2) is 17.5 Å². The summed E-state index contributed by atoms with van der Waals surface area (Å²) in [6.45, 7) is 8.92. The van der Waals surface area contributed by atoms with Crippen molar-refractivity contribution < 1.29 is 9.47 Å². The number of methoxy groups -OCH3 is 2. The Kier molecular flexibility index (Phi) is 8.91. The van der Waals surface area contributed by atoms with Crippen LogP contribution in [0.5, 0.6) is 11.5 Å². The van der Waals surface area contributed by atoms with Gasteiger partial charge in [0.25, 0.3) is 0 Å². The maximum atomic E-state index is 5.49. The first kappa shape index (κ1) is 21.3. The number of nitrogens with one attached hydrogen (secondary N) is 2. The zero-order chi connectivity index (χ0) is 20.2. The molecule has 7 nitrogen and oxygen atoms in total. The van der Waals surface area contributed by atoms with Crippen LogP contribution >= 0.6 is 0 Å². The Balaban J connectivity index is 2.02. The second-order valence-electron chi connectivity index (χ2n) is 6.23. The van der Waals surface area contributed by atoms with Crippen LogP contribution in [0.15, 0.2) is 48.2 Å².